The minimum atomic E-state index is -0.403. The van der Waals surface area contributed by atoms with Gasteiger partial charge in [-0.3, -0.25) is 10.7 Å². The van der Waals surface area contributed by atoms with Gasteiger partial charge >= 0.3 is 0 Å². The fourth-order valence-corrected chi connectivity index (χ4v) is 3.05. The summed E-state index contributed by atoms with van der Waals surface area (Å²) >= 11 is 4.75. The van der Waals surface area contributed by atoms with Gasteiger partial charge in [-0.15, -0.1) is 0 Å². The van der Waals surface area contributed by atoms with Crippen LogP contribution in [0.4, 0.5) is 21.6 Å². The number of benzene rings is 2. The number of aromatic nitrogens is 2. The van der Waals surface area contributed by atoms with Crippen LogP contribution < -0.4 is 26.0 Å². The van der Waals surface area contributed by atoms with Crippen LogP contribution in [-0.2, 0) is 0 Å². The number of rotatable bonds is 8. The van der Waals surface area contributed by atoms with Crippen molar-refractivity contribution in [1.82, 2.24) is 15.8 Å². The molecule has 0 fully saturated rings. The zero-order valence-corrected chi connectivity index (χ0v) is 20.5. The number of thioether (sulfide) groups is 1. The van der Waals surface area contributed by atoms with Crippen LogP contribution in [0.3, 0.4) is 0 Å². The van der Waals surface area contributed by atoms with Crippen molar-refractivity contribution in [3.05, 3.63) is 52.4 Å². The Morgan fingerprint density at radius 2 is 1.91 bits per heavy atom. The number of ether oxygens (including phenoxy) is 2. The number of aliphatic imine (C=N–C) groups is 1. The number of nitrogens with two attached hydrogens (primary N) is 1. The van der Waals surface area contributed by atoms with Crippen molar-refractivity contribution < 1.29 is 23.7 Å². The standard InChI is InChI=1S/C12H13BrFN5O2S.C8H11NO2/c1-22-5-4-15-11-10(18-21-19-11)12(17-20)16-7-2-3-9(14)8(13)6-7;1-10-7-3-6(9)4-8(5-7)11-2/h2-3,6,20H,4-5H2,1H3,(H,15,19)(H,16,17);3-5H,9H2,1-2H3. The quantitative estimate of drug-likeness (QED) is 0.108. The molecular formula is C20H24BrFN6O4S. The zero-order valence-electron chi connectivity index (χ0n) is 18.1. The molecule has 0 unspecified atom stereocenters. The molecular weight excluding hydrogens is 519 g/mol. The van der Waals surface area contributed by atoms with E-state index in [9.17, 15) is 9.60 Å². The minimum Gasteiger partial charge on any atom is -0.497 e. The highest BCUT2D eigenvalue weighted by molar-refractivity contribution is 9.10. The number of nitrogen functional groups attached to an aromatic ring is 1. The van der Waals surface area contributed by atoms with Crippen LogP contribution in [0.5, 0.6) is 11.5 Å². The van der Waals surface area contributed by atoms with E-state index in [1.165, 1.54) is 18.2 Å². The van der Waals surface area contributed by atoms with Crippen LogP contribution in [0.2, 0.25) is 0 Å². The molecule has 0 saturated heterocycles. The van der Waals surface area contributed by atoms with Crippen molar-refractivity contribution >= 4 is 50.7 Å². The van der Waals surface area contributed by atoms with Crippen LogP contribution in [0.25, 0.3) is 0 Å². The van der Waals surface area contributed by atoms with E-state index >= 15 is 0 Å². The van der Waals surface area contributed by atoms with Gasteiger partial charge in [-0.2, -0.15) is 11.8 Å². The lowest BCUT2D eigenvalue weighted by atomic mass is 10.3. The second kappa shape index (κ2) is 13.5. The molecule has 13 heteroatoms. The van der Waals surface area contributed by atoms with E-state index in [4.69, 9.17) is 15.2 Å². The number of amidine groups is 1. The summed E-state index contributed by atoms with van der Waals surface area (Å²) in [5.41, 5.74) is 8.79. The molecule has 2 aromatic carbocycles. The first-order chi connectivity index (χ1) is 15.9. The van der Waals surface area contributed by atoms with E-state index in [0.717, 1.165) is 5.75 Å². The van der Waals surface area contributed by atoms with Crippen molar-refractivity contribution in [2.24, 2.45) is 4.99 Å². The van der Waals surface area contributed by atoms with E-state index in [1.807, 2.05) is 11.7 Å². The summed E-state index contributed by atoms with van der Waals surface area (Å²) in [5.74, 6) is 2.28. The molecule has 0 aliphatic carbocycles. The van der Waals surface area contributed by atoms with Crippen molar-refractivity contribution in [3.63, 3.8) is 0 Å². The van der Waals surface area contributed by atoms with Crippen molar-refractivity contribution in [3.8, 4) is 11.5 Å². The van der Waals surface area contributed by atoms with E-state index < -0.39 is 5.82 Å². The molecule has 0 amide bonds. The van der Waals surface area contributed by atoms with Gasteiger partial charge in [0.15, 0.2) is 11.5 Å². The number of hydroxylamine groups is 1. The van der Waals surface area contributed by atoms with E-state index in [1.54, 1.807) is 44.2 Å². The maximum Gasteiger partial charge on any atom is 0.202 e. The van der Waals surface area contributed by atoms with Gasteiger partial charge in [-0.05, 0) is 50.7 Å². The third-order valence-electron chi connectivity index (χ3n) is 3.94. The number of hydrogen-bond donors (Lipinski definition) is 4. The van der Waals surface area contributed by atoms with Gasteiger partial charge in [-0.25, -0.2) is 14.0 Å². The summed E-state index contributed by atoms with van der Waals surface area (Å²) in [7, 11) is 3.18. The highest BCUT2D eigenvalue weighted by Crippen LogP contribution is 2.24. The Hall–Kier alpha value is -3.03. The largest absolute Gasteiger partial charge is 0.497 e. The Morgan fingerprint density at radius 3 is 2.48 bits per heavy atom. The lowest BCUT2D eigenvalue weighted by Crippen LogP contribution is -2.22. The van der Waals surface area contributed by atoms with Gasteiger partial charge in [0.1, 0.15) is 17.3 Å². The summed E-state index contributed by atoms with van der Waals surface area (Å²) in [6, 6.07) is 9.45. The minimum absolute atomic E-state index is 0.0337. The molecule has 5 N–H and O–H groups in total. The Labute approximate surface area is 202 Å². The molecule has 0 spiro atoms. The predicted molar refractivity (Wildman–Crippen MR) is 130 cm³/mol. The lowest BCUT2D eigenvalue weighted by Gasteiger charge is -2.05. The molecule has 0 atom stereocenters. The second-order valence-electron chi connectivity index (χ2n) is 6.20. The van der Waals surface area contributed by atoms with Gasteiger partial charge < -0.3 is 20.5 Å². The highest BCUT2D eigenvalue weighted by Gasteiger charge is 2.16. The molecule has 0 aliphatic heterocycles. The number of halogens is 2. The van der Waals surface area contributed by atoms with Crippen LogP contribution in [0, 0.1) is 5.82 Å². The maximum atomic E-state index is 13.2. The summed E-state index contributed by atoms with van der Waals surface area (Å²) in [4.78, 5) is 4.16. The number of nitrogens with zero attached hydrogens (tertiary/aromatic N) is 3. The number of hydrogen-bond acceptors (Lipinski definition) is 10. The average Bonchev–Trinajstić information content (AvgIpc) is 3.28. The van der Waals surface area contributed by atoms with E-state index in [-0.39, 0.29) is 16.0 Å². The van der Waals surface area contributed by atoms with Gasteiger partial charge in [0.25, 0.3) is 0 Å². The molecule has 10 nitrogen and oxygen atoms in total. The maximum absolute atomic E-state index is 13.2. The van der Waals surface area contributed by atoms with Gasteiger partial charge in [0, 0.05) is 36.2 Å². The summed E-state index contributed by atoms with van der Waals surface area (Å²) in [6.07, 6.45) is 1.98. The number of anilines is 2. The number of methoxy groups -OCH3 is 2. The van der Waals surface area contributed by atoms with E-state index in [0.29, 0.717) is 35.2 Å². The van der Waals surface area contributed by atoms with E-state index in [2.05, 4.69) is 41.2 Å². The topological polar surface area (TPSA) is 140 Å². The summed E-state index contributed by atoms with van der Waals surface area (Å²) in [6.45, 7) is 0.656. The van der Waals surface area contributed by atoms with Gasteiger partial charge in [-0.1, -0.05) is 0 Å². The molecule has 178 valence electrons. The second-order valence-corrected chi connectivity index (χ2v) is 8.04. The Kier molecular flexibility index (Phi) is 10.7. The summed E-state index contributed by atoms with van der Waals surface area (Å²) < 4.78 is 28.1. The fourth-order valence-electron chi connectivity index (χ4n) is 2.38. The Balaban J connectivity index is 0.000000294. The first-order valence-corrected chi connectivity index (χ1v) is 11.6. The van der Waals surface area contributed by atoms with Crippen LogP contribution in [-0.4, -0.2) is 54.1 Å². The van der Waals surface area contributed by atoms with Crippen molar-refractivity contribution in [2.45, 2.75) is 0 Å². The Bertz CT molecular complexity index is 1050. The zero-order chi connectivity index (χ0) is 24.2. The normalized spacial score (nSPS) is 10.8. The van der Waals surface area contributed by atoms with Gasteiger partial charge in [0.2, 0.25) is 5.82 Å². The van der Waals surface area contributed by atoms with Crippen molar-refractivity contribution in [1.29, 1.82) is 0 Å². The average molecular weight is 543 g/mol. The third kappa shape index (κ3) is 8.11. The molecule has 33 heavy (non-hydrogen) atoms. The molecule has 3 aromatic rings. The third-order valence-corrected chi connectivity index (χ3v) is 5.16. The first kappa shape index (κ1) is 26.2. The smallest absolute Gasteiger partial charge is 0.202 e. The fraction of sp³-hybridized carbons (Fsp3) is 0.250. The Morgan fingerprint density at radius 1 is 1.21 bits per heavy atom. The lowest BCUT2D eigenvalue weighted by molar-refractivity contribution is 0.234. The van der Waals surface area contributed by atoms with Crippen molar-refractivity contribution in [2.75, 3.05) is 43.8 Å². The summed E-state index contributed by atoms with van der Waals surface area (Å²) in [5, 5.41) is 19.7. The first-order valence-electron chi connectivity index (χ1n) is 9.40. The predicted octanol–water partition coefficient (Wildman–Crippen LogP) is 4.09. The molecule has 1 aromatic heterocycles. The van der Waals surface area contributed by atoms with Gasteiger partial charge in [0.05, 0.1) is 24.4 Å². The molecule has 0 bridgehead atoms. The number of nitrogens with one attached hydrogen (secondary N) is 2. The SMILES string of the molecule is COc1cc(N)cc(OC)c1.CSCCNc1nonc1C(=Nc1ccc(F)c(Br)c1)NO. The van der Waals surface area contributed by atoms with Crippen LogP contribution in [0.15, 0.2) is 50.5 Å². The molecule has 0 radical (unpaired) electrons. The molecule has 3 rings (SSSR count). The molecule has 1 heterocycles. The monoisotopic (exact) mass is 542 g/mol. The molecule has 0 saturated carbocycles. The van der Waals surface area contributed by atoms with Crippen LogP contribution >= 0.6 is 27.7 Å². The highest BCUT2D eigenvalue weighted by atomic mass is 79.9. The van der Waals surface area contributed by atoms with Crippen LogP contribution in [0.1, 0.15) is 5.69 Å². The molecule has 0 aliphatic rings.